The van der Waals surface area contributed by atoms with Crippen LogP contribution in [0.25, 0.3) is 28.6 Å². The summed E-state index contributed by atoms with van der Waals surface area (Å²) in [6, 6.07) is 17.7. The Morgan fingerprint density at radius 2 is 2.00 bits per heavy atom. The molecule has 0 saturated heterocycles. The molecule has 2 aromatic heterocycles. The molecule has 0 radical (unpaired) electrons. The van der Waals surface area contributed by atoms with Gasteiger partial charge in [0.25, 0.3) is 0 Å². The number of carbonyl (C=O) groups is 1. The summed E-state index contributed by atoms with van der Waals surface area (Å²) in [5.74, 6) is 0.129. The Morgan fingerprint density at radius 3 is 2.79 bits per heavy atom. The number of rotatable bonds is 5. The summed E-state index contributed by atoms with van der Waals surface area (Å²) < 4.78 is 5.75. The summed E-state index contributed by atoms with van der Waals surface area (Å²) in [7, 11) is 0. The van der Waals surface area contributed by atoms with Gasteiger partial charge in [0.05, 0.1) is 4.92 Å². The predicted molar refractivity (Wildman–Crippen MR) is 108 cm³/mol. The lowest BCUT2D eigenvalue weighted by Crippen LogP contribution is -2.07. The van der Waals surface area contributed by atoms with Gasteiger partial charge >= 0.3 is 5.00 Å². The van der Waals surface area contributed by atoms with Crippen LogP contribution in [0.3, 0.4) is 0 Å². The monoisotopic (exact) mass is 391 g/mol. The molecule has 2 heterocycles. The Balaban J connectivity index is 1.48. The molecule has 4 aromatic rings. The van der Waals surface area contributed by atoms with Crippen molar-refractivity contribution < 1.29 is 14.1 Å². The lowest BCUT2D eigenvalue weighted by molar-refractivity contribution is -0.380. The number of hydrogen-bond donors (Lipinski definition) is 1. The van der Waals surface area contributed by atoms with Gasteiger partial charge in [0.2, 0.25) is 11.8 Å². The minimum absolute atomic E-state index is 0.0334. The van der Waals surface area contributed by atoms with E-state index >= 15 is 0 Å². The van der Waals surface area contributed by atoms with E-state index < -0.39 is 4.92 Å². The predicted octanol–water partition coefficient (Wildman–Crippen LogP) is 5.12. The van der Waals surface area contributed by atoms with Crippen molar-refractivity contribution in [2.45, 2.75) is 0 Å². The molecule has 0 aliphatic carbocycles. The lowest BCUT2D eigenvalue weighted by Gasteiger charge is -2.03. The number of fused-ring (bicyclic) bond motifs is 1. The van der Waals surface area contributed by atoms with Crippen molar-refractivity contribution in [1.82, 2.24) is 4.98 Å². The van der Waals surface area contributed by atoms with Crippen molar-refractivity contribution in [3.8, 4) is 11.5 Å². The highest BCUT2D eigenvalue weighted by Gasteiger charge is 2.10. The van der Waals surface area contributed by atoms with E-state index in [-0.39, 0.29) is 10.9 Å². The first-order chi connectivity index (χ1) is 13.6. The summed E-state index contributed by atoms with van der Waals surface area (Å²) in [6.07, 6.45) is 2.87. The van der Waals surface area contributed by atoms with Crippen LogP contribution in [0.4, 0.5) is 10.7 Å². The Kier molecular flexibility index (Phi) is 4.69. The fourth-order valence-corrected chi connectivity index (χ4v) is 3.32. The highest BCUT2D eigenvalue weighted by atomic mass is 32.1. The molecule has 8 heteroatoms. The molecule has 7 nitrogen and oxygen atoms in total. The fourth-order valence-electron chi connectivity index (χ4n) is 2.60. The minimum Gasteiger partial charge on any atom is -0.436 e. The number of amides is 1. The summed E-state index contributed by atoms with van der Waals surface area (Å²) in [5.41, 5.74) is 2.79. The molecule has 138 valence electrons. The van der Waals surface area contributed by atoms with E-state index in [9.17, 15) is 14.9 Å². The molecular weight excluding hydrogens is 378 g/mol. The minimum atomic E-state index is -0.459. The number of thiophene rings is 1. The topological polar surface area (TPSA) is 98.3 Å². The molecule has 0 bridgehead atoms. The van der Waals surface area contributed by atoms with Crippen molar-refractivity contribution in [2.24, 2.45) is 0 Å². The lowest BCUT2D eigenvalue weighted by atomic mass is 10.2. The van der Waals surface area contributed by atoms with Crippen molar-refractivity contribution >= 4 is 45.1 Å². The largest absolute Gasteiger partial charge is 0.436 e. The van der Waals surface area contributed by atoms with Crippen LogP contribution in [0.15, 0.2) is 71.2 Å². The van der Waals surface area contributed by atoms with Crippen molar-refractivity contribution in [2.75, 3.05) is 5.32 Å². The normalized spacial score (nSPS) is 11.1. The zero-order valence-corrected chi connectivity index (χ0v) is 15.2. The van der Waals surface area contributed by atoms with Gasteiger partial charge in [-0.05, 0) is 42.5 Å². The van der Waals surface area contributed by atoms with Gasteiger partial charge in [-0.2, -0.15) is 0 Å². The van der Waals surface area contributed by atoms with Crippen molar-refractivity contribution in [3.63, 3.8) is 0 Å². The van der Waals surface area contributed by atoms with Crippen molar-refractivity contribution in [3.05, 3.63) is 81.7 Å². The third kappa shape index (κ3) is 3.81. The molecule has 1 N–H and O–H groups in total. The molecule has 28 heavy (non-hydrogen) atoms. The fraction of sp³-hybridized carbons (Fsp3) is 0. The van der Waals surface area contributed by atoms with Gasteiger partial charge in [-0.1, -0.05) is 29.5 Å². The highest BCUT2D eigenvalue weighted by molar-refractivity contribution is 7.16. The zero-order chi connectivity index (χ0) is 19.5. The van der Waals surface area contributed by atoms with Crippen molar-refractivity contribution in [1.29, 1.82) is 0 Å². The van der Waals surface area contributed by atoms with Crippen LogP contribution in [-0.2, 0) is 4.79 Å². The van der Waals surface area contributed by atoms with Crippen LogP contribution in [0.2, 0.25) is 0 Å². The standard InChI is InChI=1S/C20H13N3O4S/c24-18(10-8-15-9-11-19(28-15)23(25)26)21-14-5-3-4-13(12-14)20-22-16-6-1-2-7-17(16)27-20/h1-12H,(H,21,24)/b10-8+. The van der Waals surface area contributed by atoms with Crippen LogP contribution in [0.5, 0.6) is 0 Å². The molecule has 0 atom stereocenters. The van der Waals surface area contributed by atoms with Crippen LogP contribution in [0, 0.1) is 10.1 Å². The van der Waals surface area contributed by atoms with Gasteiger partial charge in [0.15, 0.2) is 5.58 Å². The number of anilines is 1. The Bertz CT molecular complexity index is 1180. The Morgan fingerprint density at radius 1 is 1.14 bits per heavy atom. The highest BCUT2D eigenvalue weighted by Crippen LogP contribution is 2.27. The van der Waals surface area contributed by atoms with Crippen LogP contribution in [-0.4, -0.2) is 15.8 Å². The molecule has 4 rings (SSSR count). The maximum Gasteiger partial charge on any atom is 0.324 e. The number of benzene rings is 2. The van der Waals surface area contributed by atoms with Crippen LogP contribution >= 0.6 is 11.3 Å². The van der Waals surface area contributed by atoms with Crippen LogP contribution < -0.4 is 5.32 Å². The summed E-state index contributed by atoms with van der Waals surface area (Å²) in [6.45, 7) is 0. The second-order valence-corrected chi connectivity index (χ2v) is 6.92. The quantitative estimate of drug-likeness (QED) is 0.289. The number of hydrogen-bond acceptors (Lipinski definition) is 6. The molecular formula is C20H13N3O4S. The average Bonchev–Trinajstić information content (AvgIpc) is 3.34. The van der Waals surface area contributed by atoms with E-state index in [0.29, 0.717) is 22.0 Å². The smallest absolute Gasteiger partial charge is 0.324 e. The summed E-state index contributed by atoms with van der Waals surface area (Å²) in [4.78, 5) is 27.5. The van der Waals surface area contributed by atoms with Crippen LogP contribution in [0.1, 0.15) is 4.88 Å². The number of nitrogens with zero attached hydrogens (tertiary/aromatic N) is 2. The molecule has 2 aromatic carbocycles. The first-order valence-corrected chi connectivity index (χ1v) is 9.09. The van der Waals surface area contributed by atoms with Gasteiger partial charge in [0.1, 0.15) is 5.52 Å². The Labute approximate surface area is 163 Å². The third-order valence-electron chi connectivity index (χ3n) is 3.86. The summed E-state index contributed by atoms with van der Waals surface area (Å²) in [5, 5.41) is 13.5. The van der Waals surface area contributed by atoms with E-state index in [4.69, 9.17) is 4.42 Å². The zero-order valence-electron chi connectivity index (χ0n) is 14.4. The SMILES string of the molecule is O=C(/C=C/c1ccc([N+](=O)[O-])s1)Nc1cccc(-c2nc3ccccc3o2)c1. The summed E-state index contributed by atoms with van der Waals surface area (Å²) >= 11 is 1.00. The molecule has 0 aliphatic heterocycles. The van der Waals surface area contributed by atoms with Gasteiger partial charge in [-0.25, -0.2) is 4.98 Å². The van der Waals surface area contributed by atoms with E-state index in [1.165, 1.54) is 18.2 Å². The van der Waals surface area contributed by atoms with Gasteiger partial charge in [-0.15, -0.1) is 0 Å². The molecule has 0 aliphatic rings. The van der Waals surface area contributed by atoms with E-state index in [2.05, 4.69) is 10.3 Å². The third-order valence-corrected chi connectivity index (χ3v) is 4.86. The number of para-hydroxylation sites is 2. The molecule has 0 spiro atoms. The average molecular weight is 391 g/mol. The maximum absolute atomic E-state index is 12.1. The number of nitro groups is 1. The molecule has 0 saturated carbocycles. The number of nitrogens with one attached hydrogen (secondary N) is 1. The van der Waals surface area contributed by atoms with Gasteiger partial charge in [0, 0.05) is 28.3 Å². The van der Waals surface area contributed by atoms with E-state index in [1.54, 1.807) is 24.3 Å². The van der Waals surface area contributed by atoms with E-state index in [0.717, 1.165) is 22.4 Å². The van der Waals surface area contributed by atoms with Gasteiger partial charge in [-0.3, -0.25) is 14.9 Å². The molecule has 0 unspecified atom stereocenters. The maximum atomic E-state index is 12.1. The number of oxazole rings is 1. The first kappa shape index (κ1) is 17.6. The molecule has 0 fully saturated rings. The number of aromatic nitrogens is 1. The second kappa shape index (κ2) is 7.45. The Hall–Kier alpha value is -3.78. The first-order valence-electron chi connectivity index (χ1n) is 8.28. The van der Waals surface area contributed by atoms with Gasteiger partial charge < -0.3 is 9.73 Å². The molecule has 1 amide bonds. The van der Waals surface area contributed by atoms with E-state index in [1.807, 2.05) is 30.3 Å². The number of carbonyl (C=O) groups excluding carboxylic acids is 1. The second-order valence-electron chi connectivity index (χ2n) is 5.82.